The second kappa shape index (κ2) is 4.99. The quantitative estimate of drug-likeness (QED) is 0.900. The van der Waals surface area contributed by atoms with Crippen LogP contribution in [0.2, 0.25) is 0 Å². The van der Waals surface area contributed by atoms with Gasteiger partial charge in [0.1, 0.15) is 10.0 Å². The Hall–Kier alpha value is -1.54. The molecular formula is C10H11N5OS2. The molecule has 0 spiro atoms. The largest absolute Gasteiger partial charge is 0.331 e. The number of urea groups is 1. The molecule has 2 N–H and O–H groups in total. The van der Waals surface area contributed by atoms with Crippen LogP contribution in [0.1, 0.15) is 29.5 Å². The molecular weight excluding hydrogens is 270 g/mol. The topological polar surface area (TPSA) is 79.8 Å². The lowest BCUT2D eigenvalue weighted by Gasteiger charge is -2.02. The number of rotatable bonds is 4. The van der Waals surface area contributed by atoms with Crippen LogP contribution >= 0.6 is 22.9 Å². The monoisotopic (exact) mass is 281 g/mol. The van der Waals surface area contributed by atoms with Crippen LogP contribution in [0.25, 0.3) is 0 Å². The van der Waals surface area contributed by atoms with Gasteiger partial charge >= 0.3 is 6.03 Å². The Morgan fingerprint density at radius 1 is 1.50 bits per heavy atom. The number of carbonyl (C=O) groups is 1. The van der Waals surface area contributed by atoms with E-state index in [9.17, 15) is 4.79 Å². The maximum absolute atomic E-state index is 11.5. The van der Waals surface area contributed by atoms with Gasteiger partial charge in [0.05, 0.1) is 18.4 Å². The molecule has 0 unspecified atom stereocenters. The molecule has 6 nitrogen and oxygen atoms in total. The summed E-state index contributed by atoms with van der Waals surface area (Å²) in [5, 5.41) is 12.7. The molecule has 94 valence electrons. The average Bonchev–Trinajstić information content (AvgIpc) is 2.90. The van der Waals surface area contributed by atoms with Crippen molar-refractivity contribution in [3.8, 4) is 0 Å². The molecule has 0 saturated heterocycles. The minimum absolute atomic E-state index is 0.260. The van der Waals surface area contributed by atoms with Crippen molar-refractivity contribution in [3.05, 3.63) is 22.3 Å². The highest BCUT2D eigenvalue weighted by molar-refractivity contribution is 7.10. The van der Waals surface area contributed by atoms with Gasteiger partial charge in [-0.15, -0.1) is 16.4 Å². The molecule has 0 atom stereocenters. The Kier molecular flexibility index (Phi) is 3.20. The lowest BCUT2D eigenvalue weighted by atomic mass is 10.3. The van der Waals surface area contributed by atoms with E-state index in [0.717, 1.165) is 16.5 Å². The summed E-state index contributed by atoms with van der Waals surface area (Å²) >= 11 is 2.74. The molecule has 0 aromatic carbocycles. The molecule has 0 aliphatic heterocycles. The molecule has 2 amide bonds. The second-order valence-electron chi connectivity index (χ2n) is 4.03. The Morgan fingerprint density at radius 2 is 2.39 bits per heavy atom. The number of nitrogens with zero attached hydrogens (tertiary/aromatic N) is 3. The summed E-state index contributed by atoms with van der Waals surface area (Å²) < 4.78 is 3.66. The molecule has 18 heavy (non-hydrogen) atoms. The Morgan fingerprint density at radius 3 is 3.11 bits per heavy atom. The first-order valence-corrected chi connectivity index (χ1v) is 7.23. The maximum atomic E-state index is 11.5. The van der Waals surface area contributed by atoms with Crippen LogP contribution in [-0.4, -0.2) is 20.6 Å². The molecule has 1 saturated carbocycles. The first kappa shape index (κ1) is 11.5. The molecule has 3 rings (SSSR count). The first-order valence-electron chi connectivity index (χ1n) is 5.58. The Labute approximate surface area is 112 Å². The van der Waals surface area contributed by atoms with Crippen LogP contribution in [0.15, 0.2) is 11.6 Å². The van der Waals surface area contributed by atoms with E-state index in [1.165, 1.54) is 24.7 Å². The number of nitrogens with one attached hydrogen (secondary N) is 2. The zero-order chi connectivity index (χ0) is 12.4. The Balaban J connectivity index is 1.49. The van der Waals surface area contributed by atoms with Crippen molar-refractivity contribution in [1.82, 2.24) is 19.9 Å². The molecule has 2 heterocycles. The summed E-state index contributed by atoms with van der Waals surface area (Å²) in [4.78, 5) is 16.0. The van der Waals surface area contributed by atoms with E-state index < -0.39 is 0 Å². The third-order valence-corrected chi connectivity index (χ3v) is 4.01. The van der Waals surface area contributed by atoms with E-state index in [4.69, 9.17) is 0 Å². The van der Waals surface area contributed by atoms with Gasteiger partial charge in [-0.05, 0) is 12.8 Å². The minimum Gasteiger partial charge on any atom is -0.331 e. The van der Waals surface area contributed by atoms with E-state index in [1.807, 2.05) is 0 Å². The summed E-state index contributed by atoms with van der Waals surface area (Å²) in [5.74, 6) is 0.659. The highest BCUT2D eigenvalue weighted by Crippen LogP contribution is 2.40. The van der Waals surface area contributed by atoms with Crippen LogP contribution < -0.4 is 10.6 Å². The predicted molar refractivity (Wildman–Crippen MR) is 69.9 cm³/mol. The number of carbonyl (C=O) groups excluding carboxylic acids is 1. The van der Waals surface area contributed by atoms with Gasteiger partial charge in [0, 0.05) is 22.8 Å². The normalized spacial score (nSPS) is 14.4. The van der Waals surface area contributed by atoms with Gasteiger partial charge in [-0.1, -0.05) is 4.49 Å². The van der Waals surface area contributed by atoms with Crippen LogP contribution in [0.4, 0.5) is 9.80 Å². The highest BCUT2D eigenvalue weighted by Gasteiger charge is 2.25. The van der Waals surface area contributed by atoms with Gasteiger partial charge in [0.25, 0.3) is 0 Å². The fourth-order valence-corrected chi connectivity index (χ4v) is 2.74. The summed E-state index contributed by atoms with van der Waals surface area (Å²) in [6.45, 7) is 0.454. The molecule has 1 aliphatic carbocycles. The van der Waals surface area contributed by atoms with Crippen LogP contribution in [-0.2, 0) is 6.54 Å². The van der Waals surface area contributed by atoms with Crippen molar-refractivity contribution < 1.29 is 4.79 Å². The molecule has 2 aromatic heterocycles. The van der Waals surface area contributed by atoms with Crippen molar-refractivity contribution in [2.24, 2.45) is 0 Å². The van der Waals surface area contributed by atoms with Gasteiger partial charge in [-0.2, -0.15) is 0 Å². The molecule has 2 aromatic rings. The maximum Gasteiger partial charge on any atom is 0.320 e. The molecule has 8 heteroatoms. The fourth-order valence-electron chi connectivity index (χ4n) is 1.51. The van der Waals surface area contributed by atoms with E-state index in [2.05, 4.69) is 30.6 Å². The SMILES string of the molecule is O=C(NCc1nc(C2CC2)cs1)Nc1cnns1. The third-order valence-electron chi connectivity index (χ3n) is 2.56. The number of hydrogen-bond acceptors (Lipinski definition) is 6. The van der Waals surface area contributed by atoms with E-state index in [-0.39, 0.29) is 6.03 Å². The summed E-state index contributed by atoms with van der Waals surface area (Å²) in [6.07, 6.45) is 4.00. The van der Waals surface area contributed by atoms with E-state index >= 15 is 0 Å². The summed E-state index contributed by atoms with van der Waals surface area (Å²) in [5.41, 5.74) is 1.17. The van der Waals surface area contributed by atoms with Crippen molar-refractivity contribution in [2.45, 2.75) is 25.3 Å². The molecule has 0 bridgehead atoms. The summed E-state index contributed by atoms with van der Waals surface area (Å²) in [7, 11) is 0. The standard InChI is InChI=1S/C10H11N5OS2/c16-10(14-9-4-12-15-18-9)11-3-8-13-7(5-17-8)6-1-2-6/h4-6H,1-3H2,(H2,11,14,16). The van der Waals surface area contributed by atoms with Crippen LogP contribution in [0.3, 0.4) is 0 Å². The highest BCUT2D eigenvalue weighted by atomic mass is 32.1. The number of hydrogen-bond donors (Lipinski definition) is 2. The second-order valence-corrected chi connectivity index (χ2v) is 5.76. The van der Waals surface area contributed by atoms with Crippen molar-refractivity contribution in [1.29, 1.82) is 0 Å². The average molecular weight is 281 g/mol. The minimum atomic E-state index is -0.260. The van der Waals surface area contributed by atoms with Crippen molar-refractivity contribution in [2.75, 3.05) is 5.32 Å². The van der Waals surface area contributed by atoms with Gasteiger partial charge in [-0.25, -0.2) is 9.78 Å². The molecule has 0 radical (unpaired) electrons. The lowest BCUT2D eigenvalue weighted by molar-refractivity contribution is 0.252. The molecule has 1 aliphatic rings. The van der Waals surface area contributed by atoms with Gasteiger partial charge in [-0.3, -0.25) is 5.32 Å². The smallest absolute Gasteiger partial charge is 0.320 e. The third kappa shape index (κ3) is 2.82. The zero-order valence-corrected chi connectivity index (χ0v) is 11.1. The van der Waals surface area contributed by atoms with E-state index in [0.29, 0.717) is 17.5 Å². The van der Waals surface area contributed by atoms with Crippen LogP contribution in [0.5, 0.6) is 0 Å². The number of anilines is 1. The van der Waals surface area contributed by atoms with Gasteiger partial charge in [0.15, 0.2) is 0 Å². The number of amides is 2. The van der Waals surface area contributed by atoms with E-state index in [1.54, 1.807) is 11.3 Å². The van der Waals surface area contributed by atoms with Crippen molar-refractivity contribution >= 4 is 33.9 Å². The van der Waals surface area contributed by atoms with Crippen molar-refractivity contribution in [3.63, 3.8) is 0 Å². The first-order chi connectivity index (χ1) is 8.81. The fraction of sp³-hybridized carbons (Fsp3) is 0.400. The molecule has 1 fully saturated rings. The lowest BCUT2D eigenvalue weighted by Crippen LogP contribution is -2.27. The number of thiazole rings is 1. The van der Waals surface area contributed by atoms with Crippen LogP contribution in [0, 0.1) is 0 Å². The Bertz CT molecular complexity index is 534. The zero-order valence-electron chi connectivity index (χ0n) is 9.42. The summed E-state index contributed by atoms with van der Waals surface area (Å²) in [6, 6.07) is -0.260. The van der Waals surface area contributed by atoms with Gasteiger partial charge < -0.3 is 5.32 Å². The predicted octanol–water partition coefficient (Wildman–Crippen LogP) is 2.19. The van der Waals surface area contributed by atoms with Gasteiger partial charge in [0.2, 0.25) is 0 Å². The number of aromatic nitrogens is 3.